The Morgan fingerprint density at radius 1 is 1.32 bits per heavy atom. The summed E-state index contributed by atoms with van der Waals surface area (Å²) in [4.78, 5) is 23.5. The van der Waals surface area contributed by atoms with Crippen LogP contribution in [0.15, 0.2) is 29.6 Å². The van der Waals surface area contributed by atoms with Gasteiger partial charge in [0.25, 0.3) is 0 Å². The fourth-order valence-electron chi connectivity index (χ4n) is 2.06. The normalized spacial score (nSPS) is 12.5. The number of hydrogen-bond acceptors (Lipinski definition) is 6. The van der Waals surface area contributed by atoms with Gasteiger partial charge < -0.3 is 14.4 Å². The van der Waals surface area contributed by atoms with Gasteiger partial charge in [-0.3, -0.25) is 4.57 Å². The molecule has 8 nitrogen and oxygen atoms in total. The molecule has 11 heteroatoms. The molecule has 0 aliphatic heterocycles. The van der Waals surface area contributed by atoms with E-state index in [1.807, 2.05) is 0 Å². The van der Waals surface area contributed by atoms with Crippen molar-refractivity contribution in [3.63, 3.8) is 0 Å². The smallest absolute Gasteiger partial charge is 0.335 e. The minimum Gasteiger partial charge on any atom is -0.335 e. The number of rotatable bonds is 10. The number of nitrogens with zero attached hydrogens (tertiary/aromatic N) is 2. The Hall–Kier alpha value is -1.54. The Labute approximate surface area is 150 Å². The zero-order chi connectivity index (χ0) is 18.9. The first kappa shape index (κ1) is 21.5. The molecule has 140 valence electrons. The van der Waals surface area contributed by atoms with Crippen LogP contribution in [-0.4, -0.2) is 36.7 Å². The van der Waals surface area contributed by atoms with E-state index in [2.05, 4.69) is 10.6 Å². The average Bonchev–Trinajstić information content (AvgIpc) is 2.59. The van der Waals surface area contributed by atoms with Crippen molar-refractivity contribution in [2.45, 2.75) is 19.6 Å². The maximum Gasteiger partial charge on any atom is 0.359 e. The predicted octanol–water partition coefficient (Wildman–Crippen LogP) is 4.02. The summed E-state index contributed by atoms with van der Waals surface area (Å²) in [6, 6.07) is 3.83. The van der Waals surface area contributed by atoms with Crippen LogP contribution in [0.3, 0.4) is 0 Å². The number of amides is 2. The SMILES string of the molecule is CCOP(=O)(OCC)C(c1ccc(F)cc1)N(N=O)C(=O)NCCCl. The maximum absolute atomic E-state index is 13.2. The molecule has 1 rings (SSSR count). The Bertz CT molecular complexity index is 609. The number of benzene rings is 1. The summed E-state index contributed by atoms with van der Waals surface area (Å²) < 4.78 is 36.9. The lowest BCUT2D eigenvalue weighted by molar-refractivity contribution is 0.160. The first-order valence-corrected chi connectivity index (χ1v) is 9.68. The van der Waals surface area contributed by atoms with Crippen LogP contribution in [0.1, 0.15) is 25.2 Å². The van der Waals surface area contributed by atoms with Gasteiger partial charge >= 0.3 is 13.6 Å². The van der Waals surface area contributed by atoms with Crippen molar-refractivity contribution < 1.29 is 22.8 Å². The van der Waals surface area contributed by atoms with Gasteiger partial charge in [-0.2, -0.15) is 5.01 Å². The second-order valence-corrected chi connectivity index (χ2v) is 7.11. The highest BCUT2D eigenvalue weighted by atomic mass is 35.5. The van der Waals surface area contributed by atoms with Crippen LogP contribution in [0.5, 0.6) is 0 Å². The molecule has 0 saturated carbocycles. The summed E-state index contributed by atoms with van der Waals surface area (Å²) in [6.07, 6.45) is 0. The average molecular weight is 396 g/mol. The van der Waals surface area contributed by atoms with Gasteiger partial charge in [0.15, 0.2) is 5.78 Å². The van der Waals surface area contributed by atoms with E-state index in [9.17, 15) is 18.7 Å². The predicted molar refractivity (Wildman–Crippen MR) is 91.8 cm³/mol. The van der Waals surface area contributed by atoms with Crippen molar-refractivity contribution in [1.82, 2.24) is 10.3 Å². The van der Waals surface area contributed by atoms with E-state index in [0.29, 0.717) is 5.01 Å². The van der Waals surface area contributed by atoms with Gasteiger partial charge in [-0.1, -0.05) is 12.1 Å². The molecule has 1 N–H and O–H groups in total. The molecular formula is C14H20ClFN3O5P. The van der Waals surface area contributed by atoms with Gasteiger partial charge in [0.2, 0.25) is 0 Å². The van der Waals surface area contributed by atoms with E-state index in [4.69, 9.17) is 20.6 Å². The van der Waals surface area contributed by atoms with Gasteiger partial charge in [0.1, 0.15) is 5.82 Å². The molecule has 0 aliphatic rings. The van der Waals surface area contributed by atoms with Gasteiger partial charge in [-0.05, 0) is 31.5 Å². The zero-order valence-electron chi connectivity index (χ0n) is 13.9. The third-order valence-corrected chi connectivity index (χ3v) is 5.53. The molecule has 1 unspecified atom stereocenters. The van der Waals surface area contributed by atoms with E-state index in [0.717, 1.165) is 12.1 Å². The van der Waals surface area contributed by atoms with Crippen molar-refractivity contribution in [3.05, 3.63) is 40.6 Å². The number of carbonyl (C=O) groups excluding carboxylic acids is 1. The molecule has 25 heavy (non-hydrogen) atoms. The Balaban J connectivity index is 3.38. The molecular weight excluding hydrogens is 376 g/mol. The Morgan fingerprint density at radius 2 is 1.88 bits per heavy atom. The first-order chi connectivity index (χ1) is 11.9. The topological polar surface area (TPSA) is 97.3 Å². The number of carbonyl (C=O) groups is 1. The van der Waals surface area contributed by atoms with Crippen molar-refractivity contribution in [2.24, 2.45) is 5.29 Å². The zero-order valence-corrected chi connectivity index (χ0v) is 15.5. The van der Waals surface area contributed by atoms with Gasteiger partial charge in [0, 0.05) is 12.4 Å². The van der Waals surface area contributed by atoms with Crippen molar-refractivity contribution in [3.8, 4) is 0 Å². The summed E-state index contributed by atoms with van der Waals surface area (Å²) in [7, 11) is -4.01. The highest BCUT2D eigenvalue weighted by molar-refractivity contribution is 7.54. The number of urea groups is 1. The van der Waals surface area contributed by atoms with Crippen LogP contribution < -0.4 is 5.32 Å². The van der Waals surface area contributed by atoms with Gasteiger partial charge in [0.05, 0.1) is 18.5 Å². The Kier molecular flexibility index (Phi) is 8.99. The van der Waals surface area contributed by atoms with Crippen LogP contribution in [0, 0.1) is 10.7 Å². The van der Waals surface area contributed by atoms with Crippen molar-refractivity contribution in [2.75, 3.05) is 25.6 Å². The summed E-state index contributed by atoms with van der Waals surface area (Å²) in [5, 5.41) is 5.45. The number of hydrogen-bond donors (Lipinski definition) is 1. The summed E-state index contributed by atoms with van der Waals surface area (Å²) in [5.74, 6) is -1.91. The molecule has 1 aromatic carbocycles. The van der Waals surface area contributed by atoms with E-state index in [1.165, 1.54) is 12.1 Å². The molecule has 0 spiro atoms. The second-order valence-electron chi connectivity index (χ2n) is 4.65. The third kappa shape index (κ3) is 5.74. The molecule has 1 aromatic rings. The van der Waals surface area contributed by atoms with E-state index >= 15 is 0 Å². The molecule has 0 bridgehead atoms. The second kappa shape index (κ2) is 10.5. The molecule has 0 fully saturated rings. The van der Waals surface area contributed by atoms with Crippen molar-refractivity contribution >= 4 is 25.2 Å². The largest absolute Gasteiger partial charge is 0.359 e. The summed E-state index contributed by atoms with van der Waals surface area (Å²) in [5.41, 5.74) is 0.173. The molecule has 0 aliphatic carbocycles. The van der Waals surface area contributed by atoms with Gasteiger partial charge in [-0.15, -0.1) is 16.5 Å². The standard InChI is InChI=1S/C14H20ClFN3O5P/c1-3-23-25(22,24-4-2)13(11-5-7-12(16)8-6-11)19(18-21)14(20)17-10-9-15/h5-8,13H,3-4,9-10H2,1-2H3,(H,17,20). The van der Waals surface area contributed by atoms with E-state index < -0.39 is 25.2 Å². The first-order valence-electron chi connectivity index (χ1n) is 7.54. The lowest BCUT2D eigenvalue weighted by Gasteiger charge is -2.30. The molecule has 2 amide bonds. The number of alkyl halides is 1. The highest BCUT2D eigenvalue weighted by Crippen LogP contribution is 2.62. The van der Waals surface area contributed by atoms with Crippen LogP contribution >= 0.6 is 19.2 Å². The van der Waals surface area contributed by atoms with E-state index in [1.54, 1.807) is 13.8 Å². The van der Waals surface area contributed by atoms with Gasteiger partial charge in [-0.25, -0.2) is 9.18 Å². The van der Waals surface area contributed by atoms with Crippen LogP contribution in [0.25, 0.3) is 0 Å². The number of nitroso groups, excluding NO2 is 1. The fraction of sp³-hybridized carbons (Fsp3) is 0.500. The molecule has 0 saturated heterocycles. The minimum absolute atomic E-state index is 0.00493. The van der Waals surface area contributed by atoms with E-state index in [-0.39, 0.29) is 31.2 Å². The lowest BCUT2D eigenvalue weighted by Crippen LogP contribution is -2.40. The van der Waals surface area contributed by atoms with Crippen molar-refractivity contribution in [1.29, 1.82) is 0 Å². The van der Waals surface area contributed by atoms with Crippen LogP contribution in [-0.2, 0) is 13.6 Å². The quantitative estimate of drug-likeness (QED) is 0.279. The Morgan fingerprint density at radius 3 is 2.32 bits per heavy atom. The maximum atomic E-state index is 13.2. The fourth-order valence-corrected chi connectivity index (χ4v) is 4.18. The highest BCUT2D eigenvalue weighted by Gasteiger charge is 2.44. The minimum atomic E-state index is -4.01. The molecule has 0 radical (unpaired) electrons. The summed E-state index contributed by atoms with van der Waals surface area (Å²) >= 11 is 5.51. The monoisotopic (exact) mass is 395 g/mol. The van der Waals surface area contributed by atoms with Crippen LogP contribution in [0.4, 0.5) is 9.18 Å². The van der Waals surface area contributed by atoms with Crippen LogP contribution in [0.2, 0.25) is 0 Å². The third-order valence-electron chi connectivity index (χ3n) is 2.98. The lowest BCUT2D eigenvalue weighted by atomic mass is 10.2. The molecule has 1 atom stereocenters. The number of halogens is 2. The summed E-state index contributed by atoms with van der Waals surface area (Å²) in [6.45, 7) is 3.24. The molecule has 0 aromatic heterocycles. The number of nitrogens with one attached hydrogen (secondary N) is 1. The molecule has 0 heterocycles.